The van der Waals surface area contributed by atoms with Crippen LogP contribution >= 0.6 is 0 Å². The summed E-state index contributed by atoms with van der Waals surface area (Å²) in [7, 11) is 0. The number of ether oxygens (including phenoxy) is 1. The fraction of sp³-hybridized carbons (Fsp3) is 0.292. The van der Waals surface area contributed by atoms with E-state index in [0.29, 0.717) is 29.9 Å². The van der Waals surface area contributed by atoms with Crippen LogP contribution in [0.4, 0.5) is 13.2 Å². The number of carbonyl (C=O) groups excluding carboxylic acids is 1. The molecule has 8 heteroatoms. The van der Waals surface area contributed by atoms with Gasteiger partial charge in [-0.05, 0) is 40.8 Å². The summed E-state index contributed by atoms with van der Waals surface area (Å²) in [6, 6.07) is 15.2. The van der Waals surface area contributed by atoms with Crippen LogP contribution in [0.2, 0.25) is 0 Å². The van der Waals surface area contributed by atoms with E-state index in [-0.39, 0.29) is 23.6 Å². The molecule has 3 N–H and O–H groups in total. The zero-order valence-corrected chi connectivity index (χ0v) is 17.7. The topological polar surface area (TPSA) is 69.3 Å². The lowest BCUT2D eigenvalue weighted by Gasteiger charge is -2.31. The summed E-state index contributed by atoms with van der Waals surface area (Å²) in [5, 5.41) is 2.92. The maximum atomic E-state index is 12.8. The van der Waals surface area contributed by atoms with Gasteiger partial charge in [-0.25, -0.2) is 0 Å². The summed E-state index contributed by atoms with van der Waals surface area (Å²) >= 11 is 0. The van der Waals surface area contributed by atoms with Gasteiger partial charge in [-0.3, -0.25) is 4.79 Å². The Balaban J connectivity index is 1.94. The van der Waals surface area contributed by atoms with Crippen LogP contribution in [0, 0.1) is 5.92 Å². The number of halogens is 3. The van der Waals surface area contributed by atoms with Crippen molar-refractivity contribution >= 4 is 5.91 Å². The molecule has 0 bridgehead atoms. The van der Waals surface area contributed by atoms with Crippen molar-refractivity contribution in [2.24, 2.45) is 11.7 Å². The lowest BCUT2D eigenvalue weighted by Crippen LogP contribution is -2.40. The molecule has 1 aromatic heterocycles. The molecule has 32 heavy (non-hydrogen) atoms. The highest BCUT2D eigenvalue weighted by Gasteiger charge is 2.33. The third kappa shape index (κ3) is 4.23. The number of alkyl halides is 3. The van der Waals surface area contributed by atoms with Gasteiger partial charge in [0.05, 0.1) is 11.7 Å². The molecule has 0 radical (unpaired) electrons. The number of benzene rings is 2. The standard InChI is InChI=1S/C24H24F3N3O2/c1-14(2)21-13-29-23(31)20-11-19(17-4-3-5-18(10-17)32-24(25,26)27)22(30(20)21)16-8-6-15(12-28)7-9-16/h3-11,14,21H,12-13,28H2,1-2H3,(H,29,31)/t21-/m1/s1. The maximum absolute atomic E-state index is 12.8. The molecule has 0 fully saturated rings. The number of nitrogens with two attached hydrogens (primary N) is 1. The van der Waals surface area contributed by atoms with Gasteiger partial charge in [0.1, 0.15) is 11.4 Å². The summed E-state index contributed by atoms with van der Waals surface area (Å²) in [6.07, 6.45) is -4.79. The zero-order chi connectivity index (χ0) is 23.0. The Bertz CT molecular complexity index is 1130. The first-order valence-corrected chi connectivity index (χ1v) is 10.4. The van der Waals surface area contributed by atoms with Gasteiger partial charge in [0, 0.05) is 18.7 Å². The summed E-state index contributed by atoms with van der Waals surface area (Å²) in [6.45, 7) is 5.02. The fourth-order valence-electron chi connectivity index (χ4n) is 4.13. The number of amides is 1. The Morgan fingerprint density at radius 1 is 1.12 bits per heavy atom. The molecule has 3 aromatic rings. The maximum Gasteiger partial charge on any atom is 0.573 e. The van der Waals surface area contributed by atoms with E-state index in [2.05, 4.69) is 23.9 Å². The Morgan fingerprint density at radius 2 is 1.84 bits per heavy atom. The molecular formula is C24H24F3N3O2. The first kappa shape index (κ1) is 22.0. The van der Waals surface area contributed by atoms with Crippen LogP contribution in [0.1, 0.15) is 35.9 Å². The highest BCUT2D eigenvalue weighted by Crippen LogP contribution is 2.41. The lowest BCUT2D eigenvalue weighted by molar-refractivity contribution is -0.274. The van der Waals surface area contributed by atoms with Crippen molar-refractivity contribution in [1.29, 1.82) is 0 Å². The van der Waals surface area contributed by atoms with Crippen molar-refractivity contribution in [2.45, 2.75) is 32.8 Å². The first-order chi connectivity index (χ1) is 15.2. The number of hydrogen-bond donors (Lipinski definition) is 2. The largest absolute Gasteiger partial charge is 0.573 e. The molecule has 1 aliphatic rings. The summed E-state index contributed by atoms with van der Waals surface area (Å²) in [5.41, 5.74) is 9.99. The monoisotopic (exact) mass is 443 g/mol. The lowest BCUT2D eigenvalue weighted by atomic mass is 9.98. The molecule has 0 aliphatic carbocycles. The Hall–Kier alpha value is -3.26. The number of aromatic nitrogens is 1. The second kappa shape index (κ2) is 8.35. The molecule has 4 rings (SSSR count). The predicted octanol–water partition coefficient (Wildman–Crippen LogP) is 5.12. The summed E-state index contributed by atoms with van der Waals surface area (Å²) < 4.78 is 44.5. The Kier molecular flexibility index (Phi) is 5.73. The van der Waals surface area contributed by atoms with Crippen LogP contribution in [0.25, 0.3) is 22.4 Å². The molecule has 2 aromatic carbocycles. The predicted molar refractivity (Wildman–Crippen MR) is 116 cm³/mol. The van der Waals surface area contributed by atoms with Crippen LogP contribution < -0.4 is 15.8 Å². The minimum Gasteiger partial charge on any atom is -0.406 e. The van der Waals surface area contributed by atoms with E-state index in [0.717, 1.165) is 16.8 Å². The molecule has 5 nitrogen and oxygen atoms in total. The molecule has 1 atom stereocenters. The number of hydrogen-bond acceptors (Lipinski definition) is 3. The van der Waals surface area contributed by atoms with Crippen molar-refractivity contribution in [2.75, 3.05) is 6.54 Å². The highest BCUT2D eigenvalue weighted by atomic mass is 19.4. The minimum absolute atomic E-state index is 0.00440. The van der Waals surface area contributed by atoms with E-state index >= 15 is 0 Å². The van der Waals surface area contributed by atoms with Gasteiger partial charge in [0.2, 0.25) is 0 Å². The molecule has 0 unspecified atom stereocenters. The number of fused-ring (bicyclic) bond motifs is 1. The zero-order valence-electron chi connectivity index (χ0n) is 17.7. The molecule has 0 saturated carbocycles. The average Bonchev–Trinajstić information content (AvgIpc) is 3.14. The third-order valence-electron chi connectivity index (χ3n) is 5.68. The highest BCUT2D eigenvalue weighted by molar-refractivity contribution is 5.98. The van der Waals surface area contributed by atoms with Gasteiger partial charge in [-0.2, -0.15) is 0 Å². The van der Waals surface area contributed by atoms with Crippen LogP contribution in [-0.2, 0) is 6.54 Å². The Labute approximate surface area is 184 Å². The van der Waals surface area contributed by atoms with Gasteiger partial charge < -0.3 is 20.4 Å². The van der Waals surface area contributed by atoms with Crippen molar-refractivity contribution in [1.82, 2.24) is 9.88 Å². The smallest absolute Gasteiger partial charge is 0.406 e. The van der Waals surface area contributed by atoms with Crippen LogP contribution in [-0.4, -0.2) is 23.4 Å². The number of nitrogens with one attached hydrogen (secondary N) is 1. The van der Waals surface area contributed by atoms with Crippen molar-refractivity contribution in [3.63, 3.8) is 0 Å². The third-order valence-corrected chi connectivity index (χ3v) is 5.68. The van der Waals surface area contributed by atoms with E-state index in [1.54, 1.807) is 12.1 Å². The van der Waals surface area contributed by atoms with Gasteiger partial charge in [-0.1, -0.05) is 50.2 Å². The van der Waals surface area contributed by atoms with Crippen LogP contribution in [0.3, 0.4) is 0 Å². The number of rotatable bonds is 5. The first-order valence-electron chi connectivity index (χ1n) is 10.4. The fourth-order valence-corrected chi connectivity index (χ4v) is 4.13. The van der Waals surface area contributed by atoms with E-state index in [4.69, 9.17) is 5.73 Å². The quantitative estimate of drug-likeness (QED) is 0.575. The van der Waals surface area contributed by atoms with Crippen LogP contribution in [0.5, 0.6) is 5.75 Å². The molecular weight excluding hydrogens is 419 g/mol. The second-order valence-electron chi connectivity index (χ2n) is 8.16. The SMILES string of the molecule is CC(C)[C@H]1CNC(=O)c2cc(-c3cccc(OC(F)(F)F)c3)c(-c3ccc(CN)cc3)n21. The summed E-state index contributed by atoms with van der Waals surface area (Å²) in [5.74, 6) is -0.305. The average molecular weight is 443 g/mol. The van der Waals surface area contributed by atoms with E-state index in [1.807, 2.05) is 28.8 Å². The molecule has 0 saturated heterocycles. The van der Waals surface area contributed by atoms with Crippen molar-refractivity contribution in [3.05, 3.63) is 65.9 Å². The molecule has 168 valence electrons. The molecule has 1 amide bonds. The van der Waals surface area contributed by atoms with Gasteiger partial charge >= 0.3 is 6.36 Å². The molecule has 2 heterocycles. The van der Waals surface area contributed by atoms with Gasteiger partial charge in [0.25, 0.3) is 5.91 Å². The number of nitrogens with zero attached hydrogens (tertiary/aromatic N) is 1. The number of carbonyl (C=O) groups is 1. The van der Waals surface area contributed by atoms with E-state index in [9.17, 15) is 18.0 Å². The minimum atomic E-state index is -4.79. The van der Waals surface area contributed by atoms with Gasteiger partial charge in [-0.15, -0.1) is 13.2 Å². The molecule has 1 aliphatic heterocycles. The normalized spacial score (nSPS) is 16.1. The summed E-state index contributed by atoms with van der Waals surface area (Å²) in [4.78, 5) is 12.7. The molecule has 0 spiro atoms. The van der Waals surface area contributed by atoms with Gasteiger partial charge in [0.15, 0.2) is 0 Å². The van der Waals surface area contributed by atoms with Crippen molar-refractivity contribution < 1.29 is 22.7 Å². The van der Waals surface area contributed by atoms with E-state index < -0.39 is 6.36 Å². The van der Waals surface area contributed by atoms with Crippen molar-refractivity contribution in [3.8, 4) is 28.1 Å². The Morgan fingerprint density at radius 3 is 2.47 bits per heavy atom. The van der Waals surface area contributed by atoms with Crippen LogP contribution in [0.15, 0.2) is 54.6 Å². The van der Waals surface area contributed by atoms with E-state index in [1.165, 1.54) is 18.2 Å². The second-order valence-corrected chi connectivity index (χ2v) is 8.16.